The number of halogens is 4. The van der Waals surface area contributed by atoms with Crippen LogP contribution < -0.4 is 5.32 Å². The Kier molecular flexibility index (Phi) is 4.95. The van der Waals surface area contributed by atoms with Gasteiger partial charge in [0.15, 0.2) is 0 Å². The van der Waals surface area contributed by atoms with Crippen molar-refractivity contribution in [1.82, 2.24) is 10.3 Å². The molecule has 1 aromatic heterocycles. The van der Waals surface area contributed by atoms with E-state index in [-0.39, 0.29) is 17.7 Å². The third kappa shape index (κ3) is 4.49. The minimum atomic E-state index is -4.52. The third-order valence-corrected chi connectivity index (χ3v) is 3.04. The number of alkyl halides is 3. The maximum absolute atomic E-state index is 12.9. The molecule has 4 nitrogen and oxygen atoms in total. The maximum Gasteiger partial charge on any atom is 0.416 e. The highest BCUT2D eigenvalue weighted by molar-refractivity contribution is 5.94. The van der Waals surface area contributed by atoms with Crippen LogP contribution in [0.2, 0.25) is 0 Å². The zero-order chi connectivity index (χ0) is 17.0. The fraction of sp³-hybridized carbons (Fsp3) is 0.200. The summed E-state index contributed by atoms with van der Waals surface area (Å²) in [7, 11) is 0. The molecule has 1 atom stereocenters. The van der Waals surface area contributed by atoms with Gasteiger partial charge in [-0.3, -0.25) is 4.79 Å². The van der Waals surface area contributed by atoms with Crippen molar-refractivity contribution in [3.63, 3.8) is 0 Å². The summed E-state index contributed by atoms with van der Waals surface area (Å²) < 4.78 is 50.7. The van der Waals surface area contributed by atoms with E-state index < -0.39 is 29.7 Å². The van der Waals surface area contributed by atoms with Gasteiger partial charge in [-0.25, -0.2) is 4.98 Å². The van der Waals surface area contributed by atoms with Gasteiger partial charge in [0, 0.05) is 24.4 Å². The van der Waals surface area contributed by atoms with Crippen molar-refractivity contribution >= 4 is 5.91 Å². The minimum Gasteiger partial charge on any atom is -0.387 e. The number of carbonyl (C=O) groups is 1. The fourth-order valence-corrected chi connectivity index (χ4v) is 1.88. The highest BCUT2D eigenvalue weighted by atomic mass is 19.4. The highest BCUT2D eigenvalue weighted by Crippen LogP contribution is 2.30. The molecule has 0 bridgehead atoms. The Balaban J connectivity index is 2.02. The average Bonchev–Trinajstić information content (AvgIpc) is 2.51. The molecule has 0 saturated carbocycles. The molecule has 0 saturated heterocycles. The molecule has 1 heterocycles. The van der Waals surface area contributed by atoms with Crippen LogP contribution in [-0.2, 0) is 6.18 Å². The first kappa shape index (κ1) is 16.9. The van der Waals surface area contributed by atoms with Gasteiger partial charge in [-0.1, -0.05) is 12.1 Å². The quantitative estimate of drug-likeness (QED) is 0.670. The predicted octanol–water partition coefficient (Wildman–Crippen LogP) is 2.70. The van der Waals surface area contributed by atoms with Crippen molar-refractivity contribution < 1.29 is 27.5 Å². The van der Waals surface area contributed by atoms with Gasteiger partial charge in [0.05, 0.1) is 11.7 Å². The van der Waals surface area contributed by atoms with Crippen LogP contribution in [-0.4, -0.2) is 22.5 Å². The topological polar surface area (TPSA) is 62.2 Å². The predicted molar refractivity (Wildman–Crippen MR) is 72.9 cm³/mol. The molecule has 0 spiro atoms. The van der Waals surface area contributed by atoms with E-state index in [2.05, 4.69) is 10.3 Å². The van der Waals surface area contributed by atoms with Gasteiger partial charge in [-0.15, -0.1) is 0 Å². The minimum absolute atomic E-state index is 0.00579. The Morgan fingerprint density at radius 2 is 2.00 bits per heavy atom. The van der Waals surface area contributed by atoms with E-state index in [1.165, 1.54) is 18.2 Å². The largest absolute Gasteiger partial charge is 0.416 e. The molecule has 1 aromatic carbocycles. The molecule has 2 N–H and O–H groups in total. The fourth-order valence-electron chi connectivity index (χ4n) is 1.88. The first-order valence-electron chi connectivity index (χ1n) is 6.52. The van der Waals surface area contributed by atoms with Crippen molar-refractivity contribution in [3.05, 3.63) is 65.2 Å². The average molecular weight is 328 g/mol. The monoisotopic (exact) mass is 328 g/mol. The lowest BCUT2D eigenvalue weighted by molar-refractivity contribution is -0.137. The number of hydrogen-bond donors (Lipinski definition) is 2. The zero-order valence-corrected chi connectivity index (χ0v) is 11.6. The van der Waals surface area contributed by atoms with Crippen LogP contribution in [0.1, 0.15) is 27.6 Å². The molecule has 1 unspecified atom stereocenters. The summed E-state index contributed by atoms with van der Waals surface area (Å²) in [5.74, 6) is -1.51. The zero-order valence-electron chi connectivity index (χ0n) is 11.6. The highest BCUT2D eigenvalue weighted by Gasteiger charge is 2.30. The molecule has 0 aliphatic carbocycles. The Morgan fingerprint density at radius 3 is 2.65 bits per heavy atom. The summed E-state index contributed by atoms with van der Waals surface area (Å²) in [4.78, 5) is 15.1. The Labute approximate surface area is 128 Å². The van der Waals surface area contributed by atoms with Crippen LogP contribution in [0.4, 0.5) is 17.6 Å². The van der Waals surface area contributed by atoms with Crippen molar-refractivity contribution in [2.24, 2.45) is 0 Å². The normalized spacial score (nSPS) is 12.7. The van der Waals surface area contributed by atoms with Gasteiger partial charge in [0.2, 0.25) is 5.95 Å². The second-order valence-corrected chi connectivity index (χ2v) is 4.72. The first-order chi connectivity index (χ1) is 10.8. The number of nitrogens with zero attached hydrogens (tertiary/aromatic N) is 1. The number of aliphatic hydroxyl groups excluding tert-OH is 1. The number of aromatic nitrogens is 1. The van der Waals surface area contributed by atoms with Crippen LogP contribution in [0, 0.1) is 5.95 Å². The van der Waals surface area contributed by atoms with E-state index in [1.54, 1.807) is 0 Å². The van der Waals surface area contributed by atoms with Crippen LogP contribution in [0.15, 0.2) is 42.6 Å². The molecular formula is C15H12F4N2O2. The summed E-state index contributed by atoms with van der Waals surface area (Å²) in [6.07, 6.45) is -4.74. The molecule has 1 amide bonds. The molecule has 2 rings (SSSR count). The molecule has 0 aliphatic rings. The van der Waals surface area contributed by atoms with Gasteiger partial charge in [-0.05, 0) is 23.8 Å². The first-order valence-corrected chi connectivity index (χ1v) is 6.52. The molecule has 122 valence electrons. The molecule has 2 aromatic rings. The molecule has 8 heteroatoms. The van der Waals surface area contributed by atoms with Crippen LogP contribution >= 0.6 is 0 Å². The Hall–Kier alpha value is -2.48. The van der Waals surface area contributed by atoms with Crippen LogP contribution in [0.3, 0.4) is 0 Å². The number of aliphatic hydroxyl groups is 1. The third-order valence-electron chi connectivity index (χ3n) is 3.04. The van der Waals surface area contributed by atoms with Gasteiger partial charge < -0.3 is 10.4 Å². The standard InChI is InChI=1S/C15H12F4N2O2/c16-13-7-10(4-5-20-13)14(23)21-8-12(22)9-2-1-3-11(6-9)15(17,18)19/h1-7,12,22H,8H2,(H,21,23). The number of benzene rings is 1. The summed E-state index contributed by atoms with van der Waals surface area (Å²) in [5.41, 5.74) is -0.883. The molecule has 0 radical (unpaired) electrons. The van der Waals surface area contributed by atoms with E-state index >= 15 is 0 Å². The number of carbonyl (C=O) groups excluding carboxylic acids is 1. The van der Waals surface area contributed by atoms with Crippen LogP contribution in [0.25, 0.3) is 0 Å². The number of pyridine rings is 1. The van der Waals surface area contributed by atoms with E-state index in [0.717, 1.165) is 24.4 Å². The lowest BCUT2D eigenvalue weighted by Crippen LogP contribution is -2.28. The Morgan fingerprint density at radius 1 is 1.26 bits per heavy atom. The second-order valence-electron chi connectivity index (χ2n) is 4.72. The lowest BCUT2D eigenvalue weighted by Gasteiger charge is -2.14. The number of rotatable bonds is 4. The van der Waals surface area contributed by atoms with E-state index in [9.17, 15) is 27.5 Å². The summed E-state index contributed by atoms with van der Waals surface area (Å²) in [6.45, 7) is -0.315. The molecule has 23 heavy (non-hydrogen) atoms. The van der Waals surface area contributed by atoms with Gasteiger partial charge in [0.25, 0.3) is 5.91 Å². The van der Waals surface area contributed by atoms with Gasteiger partial charge in [0.1, 0.15) is 0 Å². The molecule has 0 fully saturated rings. The van der Waals surface area contributed by atoms with Gasteiger partial charge in [-0.2, -0.15) is 17.6 Å². The van der Waals surface area contributed by atoms with E-state index in [0.29, 0.717) is 0 Å². The summed E-state index contributed by atoms with van der Waals surface area (Å²) in [6, 6.07) is 6.36. The van der Waals surface area contributed by atoms with Crippen molar-refractivity contribution in [2.45, 2.75) is 12.3 Å². The van der Waals surface area contributed by atoms with Gasteiger partial charge >= 0.3 is 6.18 Å². The lowest BCUT2D eigenvalue weighted by atomic mass is 10.1. The Bertz CT molecular complexity index is 704. The summed E-state index contributed by atoms with van der Waals surface area (Å²) >= 11 is 0. The van der Waals surface area contributed by atoms with Crippen molar-refractivity contribution in [2.75, 3.05) is 6.54 Å². The van der Waals surface area contributed by atoms with Crippen LogP contribution in [0.5, 0.6) is 0 Å². The second kappa shape index (κ2) is 6.74. The maximum atomic E-state index is 12.9. The SMILES string of the molecule is O=C(NCC(O)c1cccc(C(F)(F)F)c1)c1ccnc(F)c1. The van der Waals surface area contributed by atoms with Crippen molar-refractivity contribution in [1.29, 1.82) is 0 Å². The van der Waals surface area contributed by atoms with Crippen molar-refractivity contribution in [3.8, 4) is 0 Å². The van der Waals surface area contributed by atoms with E-state index in [1.807, 2.05) is 0 Å². The summed E-state index contributed by atoms with van der Waals surface area (Å²) in [5, 5.41) is 12.2. The number of amides is 1. The molecule has 0 aliphatic heterocycles. The molecular weight excluding hydrogens is 316 g/mol. The van der Waals surface area contributed by atoms with E-state index in [4.69, 9.17) is 0 Å². The smallest absolute Gasteiger partial charge is 0.387 e. The number of nitrogens with one attached hydrogen (secondary N) is 1. The number of hydrogen-bond acceptors (Lipinski definition) is 3.